The van der Waals surface area contributed by atoms with Gasteiger partial charge in [0.2, 0.25) is 5.91 Å². The number of nitrogens with zero attached hydrogens (tertiary/aromatic N) is 1. The van der Waals surface area contributed by atoms with Crippen molar-refractivity contribution < 1.29 is 4.79 Å². The number of thiazole rings is 1. The lowest BCUT2D eigenvalue weighted by Gasteiger charge is -2.16. The van der Waals surface area contributed by atoms with Crippen LogP contribution in [0.3, 0.4) is 0 Å². The van der Waals surface area contributed by atoms with Crippen molar-refractivity contribution in [3.05, 3.63) is 45.4 Å². The number of benzene rings is 1. The van der Waals surface area contributed by atoms with Gasteiger partial charge in [-0.1, -0.05) is 32.0 Å². The van der Waals surface area contributed by atoms with Gasteiger partial charge in [0.05, 0.1) is 17.1 Å². The van der Waals surface area contributed by atoms with Crippen LogP contribution < -0.4 is 5.32 Å². The number of carbonyl (C=O) groups excluding carboxylic acids is 1. The van der Waals surface area contributed by atoms with Crippen LogP contribution in [0.15, 0.2) is 23.6 Å². The van der Waals surface area contributed by atoms with Crippen LogP contribution in [-0.4, -0.2) is 10.9 Å². The molecule has 0 aliphatic carbocycles. The molecule has 1 aromatic carbocycles. The first-order chi connectivity index (χ1) is 9.47. The summed E-state index contributed by atoms with van der Waals surface area (Å²) in [6.45, 7) is 8.24. The molecule has 2 rings (SSSR count). The van der Waals surface area contributed by atoms with E-state index in [1.807, 2.05) is 31.4 Å². The maximum Gasteiger partial charge on any atom is 0.230 e. The van der Waals surface area contributed by atoms with Crippen LogP contribution in [0.2, 0.25) is 0 Å². The highest BCUT2D eigenvalue weighted by Crippen LogP contribution is 2.27. The fourth-order valence-electron chi connectivity index (χ4n) is 2.18. The molecule has 0 saturated carbocycles. The van der Waals surface area contributed by atoms with Crippen molar-refractivity contribution >= 4 is 22.9 Å². The monoisotopic (exact) mass is 288 g/mol. The highest BCUT2D eigenvalue weighted by atomic mass is 32.1. The molecule has 106 valence electrons. The lowest BCUT2D eigenvalue weighted by atomic mass is 9.98. The molecular formula is C16H20N2OS. The molecule has 0 unspecified atom stereocenters. The van der Waals surface area contributed by atoms with Gasteiger partial charge >= 0.3 is 0 Å². The summed E-state index contributed by atoms with van der Waals surface area (Å²) < 4.78 is 0. The zero-order valence-corrected chi connectivity index (χ0v) is 13.2. The zero-order valence-electron chi connectivity index (χ0n) is 12.4. The molecule has 1 amide bonds. The number of para-hydroxylation sites is 1. The molecule has 4 heteroatoms. The Morgan fingerprint density at radius 1 is 1.35 bits per heavy atom. The molecule has 1 aromatic heterocycles. The van der Waals surface area contributed by atoms with Crippen molar-refractivity contribution in [2.75, 3.05) is 5.32 Å². The Balaban J connectivity index is 2.15. The number of rotatable bonds is 4. The van der Waals surface area contributed by atoms with Crippen LogP contribution in [0.1, 0.15) is 41.6 Å². The summed E-state index contributed by atoms with van der Waals surface area (Å²) in [6.07, 6.45) is 0.330. The second-order valence-electron chi connectivity index (χ2n) is 5.28. The Morgan fingerprint density at radius 2 is 2.10 bits per heavy atom. The number of hydrogen-bond acceptors (Lipinski definition) is 3. The van der Waals surface area contributed by atoms with Gasteiger partial charge in [-0.25, -0.2) is 4.98 Å². The quantitative estimate of drug-likeness (QED) is 0.921. The Kier molecular flexibility index (Phi) is 4.55. The van der Waals surface area contributed by atoms with Crippen LogP contribution in [-0.2, 0) is 11.2 Å². The van der Waals surface area contributed by atoms with Crippen LogP contribution in [0.5, 0.6) is 0 Å². The van der Waals surface area contributed by atoms with Crippen LogP contribution in [0.25, 0.3) is 0 Å². The number of aromatic nitrogens is 1. The summed E-state index contributed by atoms with van der Waals surface area (Å²) in [4.78, 5) is 16.5. The summed E-state index contributed by atoms with van der Waals surface area (Å²) in [5.41, 5.74) is 4.05. The van der Waals surface area contributed by atoms with Crippen LogP contribution >= 0.6 is 11.3 Å². The third-order valence-electron chi connectivity index (χ3n) is 3.20. The standard InChI is InChI=1S/C16H20N2OS/c1-10(2)14-7-5-6-11(3)16(14)18-15(19)8-13-9-20-12(4)17-13/h5-7,9-10H,8H2,1-4H3,(H,18,19). The van der Waals surface area contributed by atoms with Crippen molar-refractivity contribution in [3.63, 3.8) is 0 Å². The third kappa shape index (κ3) is 3.45. The van der Waals surface area contributed by atoms with E-state index in [1.165, 1.54) is 5.56 Å². The van der Waals surface area contributed by atoms with Gasteiger partial charge in [0.1, 0.15) is 0 Å². The van der Waals surface area contributed by atoms with Crippen LogP contribution in [0, 0.1) is 13.8 Å². The molecule has 0 atom stereocenters. The van der Waals surface area contributed by atoms with Gasteiger partial charge < -0.3 is 5.32 Å². The number of aryl methyl sites for hydroxylation is 2. The van der Waals surface area contributed by atoms with Gasteiger partial charge in [-0.2, -0.15) is 0 Å². The van der Waals surface area contributed by atoms with E-state index in [0.717, 1.165) is 22.0 Å². The minimum absolute atomic E-state index is 0.00787. The number of hydrogen-bond donors (Lipinski definition) is 1. The van der Waals surface area contributed by atoms with Crippen molar-refractivity contribution in [1.29, 1.82) is 0 Å². The Bertz CT molecular complexity index is 617. The molecule has 3 nitrogen and oxygen atoms in total. The first-order valence-electron chi connectivity index (χ1n) is 6.77. The number of amides is 1. The lowest BCUT2D eigenvalue weighted by molar-refractivity contribution is -0.115. The molecule has 0 fully saturated rings. The smallest absolute Gasteiger partial charge is 0.230 e. The predicted molar refractivity (Wildman–Crippen MR) is 84.5 cm³/mol. The second-order valence-corrected chi connectivity index (χ2v) is 6.34. The molecule has 0 spiro atoms. The van der Waals surface area contributed by atoms with E-state index in [2.05, 4.69) is 30.2 Å². The largest absolute Gasteiger partial charge is 0.325 e. The second kappa shape index (κ2) is 6.18. The summed E-state index contributed by atoms with van der Waals surface area (Å²) in [7, 11) is 0. The van der Waals surface area contributed by atoms with E-state index in [9.17, 15) is 4.79 Å². The van der Waals surface area contributed by atoms with E-state index in [4.69, 9.17) is 0 Å². The fraction of sp³-hybridized carbons (Fsp3) is 0.375. The van der Waals surface area contributed by atoms with Crippen molar-refractivity contribution in [3.8, 4) is 0 Å². The maximum atomic E-state index is 12.2. The minimum atomic E-state index is -0.00787. The third-order valence-corrected chi connectivity index (χ3v) is 4.02. The summed E-state index contributed by atoms with van der Waals surface area (Å²) in [6, 6.07) is 6.12. The molecule has 0 aliphatic rings. The molecule has 1 heterocycles. The molecule has 1 N–H and O–H groups in total. The zero-order chi connectivity index (χ0) is 14.7. The van der Waals surface area contributed by atoms with Crippen molar-refractivity contribution in [1.82, 2.24) is 4.98 Å². The van der Waals surface area contributed by atoms with E-state index in [0.29, 0.717) is 12.3 Å². The number of anilines is 1. The van der Waals surface area contributed by atoms with E-state index < -0.39 is 0 Å². The summed E-state index contributed by atoms with van der Waals surface area (Å²) in [5.74, 6) is 0.373. The van der Waals surface area contributed by atoms with Crippen molar-refractivity contribution in [2.24, 2.45) is 0 Å². The molecule has 20 heavy (non-hydrogen) atoms. The fourth-order valence-corrected chi connectivity index (χ4v) is 2.79. The van der Waals surface area contributed by atoms with E-state index in [-0.39, 0.29) is 5.91 Å². The number of carbonyl (C=O) groups is 1. The normalized spacial score (nSPS) is 10.8. The molecule has 0 bridgehead atoms. The highest BCUT2D eigenvalue weighted by molar-refractivity contribution is 7.09. The van der Waals surface area contributed by atoms with Gasteiger partial charge in [-0.15, -0.1) is 11.3 Å². The molecular weight excluding hydrogens is 268 g/mol. The summed E-state index contributed by atoms with van der Waals surface area (Å²) in [5, 5.41) is 5.98. The van der Waals surface area contributed by atoms with Gasteiger partial charge in [0, 0.05) is 11.1 Å². The van der Waals surface area contributed by atoms with E-state index >= 15 is 0 Å². The highest BCUT2D eigenvalue weighted by Gasteiger charge is 2.13. The maximum absolute atomic E-state index is 12.2. The number of nitrogens with one attached hydrogen (secondary N) is 1. The predicted octanol–water partition coefficient (Wildman–Crippen LogP) is 4.06. The molecule has 2 aromatic rings. The van der Waals surface area contributed by atoms with Gasteiger partial charge in [0.25, 0.3) is 0 Å². The minimum Gasteiger partial charge on any atom is -0.325 e. The first-order valence-corrected chi connectivity index (χ1v) is 7.65. The molecule has 0 aliphatic heterocycles. The Hall–Kier alpha value is -1.68. The van der Waals surface area contributed by atoms with Gasteiger partial charge in [0.15, 0.2) is 0 Å². The van der Waals surface area contributed by atoms with Gasteiger partial charge in [-0.05, 0) is 30.9 Å². The van der Waals surface area contributed by atoms with Crippen LogP contribution in [0.4, 0.5) is 5.69 Å². The van der Waals surface area contributed by atoms with E-state index in [1.54, 1.807) is 11.3 Å². The molecule has 0 radical (unpaired) electrons. The lowest BCUT2D eigenvalue weighted by Crippen LogP contribution is -2.17. The average molecular weight is 288 g/mol. The summed E-state index contributed by atoms with van der Waals surface area (Å²) >= 11 is 1.57. The Morgan fingerprint density at radius 3 is 2.70 bits per heavy atom. The SMILES string of the molecule is Cc1nc(CC(=O)Nc2c(C)cccc2C(C)C)cs1. The topological polar surface area (TPSA) is 42.0 Å². The Labute approximate surface area is 124 Å². The molecule has 0 saturated heterocycles. The first kappa shape index (κ1) is 14.7. The van der Waals surface area contributed by atoms with Crippen molar-refractivity contribution in [2.45, 2.75) is 40.0 Å². The van der Waals surface area contributed by atoms with Gasteiger partial charge in [-0.3, -0.25) is 4.79 Å². The average Bonchev–Trinajstić information content (AvgIpc) is 2.77.